The van der Waals surface area contributed by atoms with Gasteiger partial charge in [-0.1, -0.05) is 24.3 Å². The normalized spacial score (nSPS) is 12.2. The van der Waals surface area contributed by atoms with Gasteiger partial charge in [-0.3, -0.25) is 9.78 Å². The Bertz CT molecular complexity index is 1220. The summed E-state index contributed by atoms with van der Waals surface area (Å²) in [5.74, 6) is -4.48. The lowest BCUT2D eigenvalue weighted by Crippen LogP contribution is -2.27. The summed E-state index contributed by atoms with van der Waals surface area (Å²) in [6.45, 7) is -0.541. The average Bonchev–Trinajstić information content (AvgIpc) is 2.68. The second-order valence-electron chi connectivity index (χ2n) is 6.27. The Hall–Kier alpha value is -3.08. The first-order chi connectivity index (χ1) is 14.0. The molecule has 1 N–H and O–H groups in total. The number of halogens is 5. The largest absolute Gasteiger partial charge is 0.502 e. The number of fused-ring (bicyclic) bond motifs is 1. The Labute approximate surface area is 167 Å². The van der Waals surface area contributed by atoms with Crippen molar-refractivity contribution in [1.82, 2.24) is 10.3 Å². The van der Waals surface area contributed by atoms with Crippen molar-refractivity contribution < 1.29 is 35.2 Å². The SMILES string of the molecule is O=C(Cc1cccc2cnccc12)NCc1ccc(S(=O)(=O)C(F)(F)F)c(F)c1F. The average molecular weight is 444 g/mol. The Balaban J connectivity index is 1.76. The number of sulfone groups is 1. The third-order valence-electron chi connectivity index (χ3n) is 4.32. The van der Waals surface area contributed by atoms with Crippen LogP contribution in [0.3, 0.4) is 0 Å². The zero-order chi connectivity index (χ0) is 22.1. The van der Waals surface area contributed by atoms with Gasteiger partial charge >= 0.3 is 5.51 Å². The van der Waals surface area contributed by atoms with E-state index in [1.54, 1.807) is 36.7 Å². The maximum atomic E-state index is 14.1. The predicted molar refractivity (Wildman–Crippen MR) is 96.9 cm³/mol. The summed E-state index contributed by atoms with van der Waals surface area (Å²) in [7, 11) is -6.05. The number of amides is 1. The molecule has 30 heavy (non-hydrogen) atoms. The van der Waals surface area contributed by atoms with Crippen LogP contribution in [0.4, 0.5) is 22.0 Å². The third-order valence-corrected chi connectivity index (χ3v) is 5.82. The molecule has 158 valence electrons. The number of carbonyl (C=O) groups is 1. The smallest absolute Gasteiger partial charge is 0.352 e. The van der Waals surface area contributed by atoms with Crippen LogP contribution in [0.15, 0.2) is 53.7 Å². The molecule has 2 aromatic carbocycles. The standard InChI is InChI=1S/C19H13F5N2O3S/c20-17-13(4-5-15(18(17)21)30(28,29)19(22,23)24)10-26-16(27)8-11-2-1-3-12-9-25-7-6-14(11)12/h1-7,9H,8,10H2,(H,26,27). The number of hydrogen-bond acceptors (Lipinski definition) is 4. The Kier molecular flexibility index (Phi) is 5.75. The number of carbonyl (C=O) groups excluding carboxylic acids is 1. The molecule has 1 aromatic heterocycles. The van der Waals surface area contributed by atoms with Crippen LogP contribution in [-0.4, -0.2) is 24.8 Å². The monoisotopic (exact) mass is 444 g/mol. The first-order valence-corrected chi connectivity index (χ1v) is 9.87. The number of nitrogens with zero attached hydrogens (tertiary/aromatic N) is 1. The van der Waals surface area contributed by atoms with Crippen LogP contribution in [-0.2, 0) is 27.6 Å². The fourth-order valence-electron chi connectivity index (χ4n) is 2.81. The number of aromatic nitrogens is 1. The molecule has 1 heterocycles. The van der Waals surface area contributed by atoms with E-state index in [9.17, 15) is 35.2 Å². The van der Waals surface area contributed by atoms with Crippen molar-refractivity contribution in [3.8, 4) is 0 Å². The molecule has 0 aliphatic rings. The van der Waals surface area contributed by atoms with E-state index in [1.807, 2.05) is 0 Å². The first-order valence-electron chi connectivity index (χ1n) is 8.39. The van der Waals surface area contributed by atoms with Crippen LogP contribution >= 0.6 is 0 Å². The van der Waals surface area contributed by atoms with E-state index in [1.165, 1.54) is 0 Å². The van der Waals surface area contributed by atoms with Gasteiger partial charge in [0.05, 0.1) is 6.42 Å². The molecule has 0 atom stereocenters. The van der Waals surface area contributed by atoms with Crippen molar-refractivity contribution in [2.75, 3.05) is 0 Å². The Morgan fingerprint density at radius 3 is 2.43 bits per heavy atom. The van der Waals surface area contributed by atoms with E-state index in [2.05, 4.69) is 10.3 Å². The van der Waals surface area contributed by atoms with Crippen molar-refractivity contribution in [3.05, 3.63) is 71.6 Å². The van der Waals surface area contributed by atoms with Gasteiger partial charge in [-0.2, -0.15) is 13.2 Å². The van der Waals surface area contributed by atoms with Gasteiger partial charge in [0.15, 0.2) is 11.6 Å². The maximum absolute atomic E-state index is 14.1. The number of nitrogens with one attached hydrogen (secondary N) is 1. The van der Waals surface area contributed by atoms with Crippen molar-refractivity contribution in [2.45, 2.75) is 23.4 Å². The van der Waals surface area contributed by atoms with E-state index in [-0.39, 0.29) is 6.42 Å². The second-order valence-corrected chi connectivity index (χ2v) is 8.18. The fourth-order valence-corrected chi connectivity index (χ4v) is 3.64. The quantitative estimate of drug-likeness (QED) is 0.610. The van der Waals surface area contributed by atoms with Gasteiger partial charge in [0.2, 0.25) is 5.91 Å². The van der Waals surface area contributed by atoms with Crippen molar-refractivity contribution in [3.63, 3.8) is 0 Å². The molecule has 0 unspecified atom stereocenters. The number of hydrogen-bond donors (Lipinski definition) is 1. The van der Waals surface area contributed by atoms with Gasteiger partial charge in [-0.05, 0) is 23.1 Å². The summed E-state index contributed by atoms with van der Waals surface area (Å²) < 4.78 is 88.4. The lowest BCUT2D eigenvalue weighted by molar-refractivity contribution is -0.120. The van der Waals surface area contributed by atoms with E-state index < -0.39 is 49.9 Å². The molecule has 0 fully saturated rings. The van der Waals surface area contributed by atoms with E-state index in [0.717, 1.165) is 10.8 Å². The van der Waals surface area contributed by atoms with Crippen LogP contribution in [0, 0.1) is 11.6 Å². The zero-order valence-corrected chi connectivity index (χ0v) is 15.8. The molecule has 3 rings (SSSR count). The lowest BCUT2D eigenvalue weighted by atomic mass is 10.0. The Morgan fingerprint density at radius 2 is 1.73 bits per heavy atom. The minimum Gasteiger partial charge on any atom is -0.352 e. The van der Waals surface area contributed by atoms with Gasteiger partial charge in [-0.25, -0.2) is 17.2 Å². The second kappa shape index (κ2) is 7.98. The lowest BCUT2D eigenvalue weighted by Gasteiger charge is -2.12. The van der Waals surface area contributed by atoms with E-state index >= 15 is 0 Å². The van der Waals surface area contributed by atoms with E-state index in [4.69, 9.17) is 0 Å². The van der Waals surface area contributed by atoms with Gasteiger partial charge in [-0.15, -0.1) is 0 Å². The first kappa shape index (κ1) is 21.6. The molecular formula is C19H13F5N2O3S. The molecule has 0 radical (unpaired) electrons. The van der Waals surface area contributed by atoms with Crippen LogP contribution in [0.5, 0.6) is 0 Å². The third kappa shape index (κ3) is 4.11. The van der Waals surface area contributed by atoms with Gasteiger partial charge in [0, 0.05) is 29.9 Å². The summed E-state index contributed by atoms with van der Waals surface area (Å²) in [5.41, 5.74) is -5.61. The highest BCUT2D eigenvalue weighted by atomic mass is 32.2. The van der Waals surface area contributed by atoms with Crippen molar-refractivity contribution in [1.29, 1.82) is 0 Å². The molecule has 0 spiro atoms. The molecule has 0 aliphatic carbocycles. The van der Waals surface area contributed by atoms with Gasteiger partial charge in [0.1, 0.15) is 4.90 Å². The highest BCUT2D eigenvalue weighted by molar-refractivity contribution is 7.92. The number of benzene rings is 2. The molecular weight excluding hydrogens is 431 g/mol. The molecule has 11 heteroatoms. The molecule has 0 aliphatic heterocycles. The predicted octanol–water partition coefficient (Wildman–Crippen LogP) is 3.67. The van der Waals surface area contributed by atoms with Crippen LogP contribution in [0.2, 0.25) is 0 Å². The minimum atomic E-state index is -6.05. The molecule has 0 saturated heterocycles. The highest BCUT2D eigenvalue weighted by Crippen LogP contribution is 2.33. The van der Waals surface area contributed by atoms with Crippen molar-refractivity contribution in [2.24, 2.45) is 0 Å². The maximum Gasteiger partial charge on any atom is 0.502 e. The fraction of sp³-hybridized carbons (Fsp3) is 0.158. The van der Waals surface area contributed by atoms with Gasteiger partial charge in [0.25, 0.3) is 9.84 Å². The van der Waals surface area contributed by atoms with Crippen molar-refractivity contribution >= 4 is 26.5 Å². The van der Waals surface area contributed by atoms with Gasteiger partial charge < -0.3 is 5.32 Å². The summed E-state index contributed by atoms with van der Waals surface area (Å²) in [6.07, 6.45) is 3.08. The molecule has 0 saturated carbocycles. The van der Waals surface area contributed by atoms with Crippen LogP contribution < -0.4 is 5.32 Å². The number of pyridine rings is 1. The number of rotatable bonds is 5. The molecule has 3 aromatic rings. The van der Waals surface area contributed by atoms with E-state index in [0.29, 0.717) is 17.7 Å². The summed E-state index contributed by atoms with van der Waals surface area (Å²) in [4.78, 5) is 14.4. The Morgan fingerprint density at radius 1 is 1.00 bits per heavy atom. The van der Waals surface area contributed by atoms with Crippen LogP contribution in [0.25, 0.3) is 10.8 Å². The minimum absolute atomic E-state index is 0.0913. The molecule has 1 amide bonds. The topological polar surface area (TPSA) is 76.1 Å². The zero-order valence-electron chi connectivity index (χ0n) is 15.0. The molecule has 5 nitrogen and oxygen atoms in total. The van der Waals surface area contributed by atoms with Crippen LogP contribution in [0.1, 0.15) is 11.1 Å². The molecule has 0 bridgehead atoms. The highest BCUT2D eigenvalue weighted by Gasteiger charge is 2.48. The number of alkyl halides is 3. The summed E-state index contributed by atoms with van der Waals surface area (Å²) in [5, 5.41) is 3.92. The summed E-state index contributed by atoms with van der Waals surface area (Å²) in [6, 6.07) is 7.95. The summed E-state index contributed by atoms with van der Waals surface area (Å²) >= 11 is 0.